The number of pyridine rings is 1. The number of urea groups is 1. The van der Waals surface area contributed by atoms with Gasteiger partial charge in [0.15, 0.2) is 11.6 Å². The number of nitrogens with one attached hydrogen (secondary N) is 1. The number of carbonyl (C=O) groups excluding carboxylic acids is 1. The van der Waals surface area contributed by atoms with Crippen LogP contribution >= 0.6 is 0 Å². The van der Waals surface area contributed by atoms with E-state index < -0.39 is 5.82 Å². The van der Waals surface area contributed by atoms with Gasteiger partial charge >= 0.3 is 6.03 Å². The Morgan fingerprint density at radius 3 is 2.70 bits per heavy atom. The van der Waals surface area contributed by atoms with Crippen molar-refractivity contribution >= 4 is 17.5 Å². The second-order valence-electron chi connectivity index (χ2n) is 7.75. The number of aromatic nitrogens is 1. The molecule has 0 saturated carbocycles. The topological polar surface area (TPSA) is 104 Å². The summed E-state index contributed by atoms with van der Waals surface area (Å²) in [5.41, 5.74) is 5.86. The number of likely N-dealkylation sites (tertiary alicyclic amines) is 2. The van der Waals surface area contributed by atoms with E-state index in [0.29, 0.717) is 36.4 Å². The number of anilines is 2. The number of piperidine rings is 1. The lowest BCUT2D eigenvalue weighted by atomic mass is 10.0. The summed E-state index contributed by atoms with van der Waals surface area (Å²) in [5, 5.41) is 12.5. The Bertz CT molecular complexity index is 904. The molecule has 1 aromatic carbocycles. The van der Waals surface area contributed by atoms with Gasteiger partial charge in [0.1, 0.15) is 11.6 Å². The summed E-state index contributed by atoms with van der Waals surface area (Å²) in [6, 6.07) is 7.51. The van der Waals surface area contributed by atoms with E-state index in [1.807, 2.05) is 0 Å². The summed E-state index contributed by atoms with van der Waals surface area (Å²) in [6.07, 6.45) is 3.85. The van der Waals surface area contributed by atoms with Crippen molar-refractivity contribution in [2.45, 2.75) is 31.4 Å². The molecule has 2 saturated heterocycles. The smallest absolute Gasteiger partial charge is 0.323 e. The predicted molar refractivity (Wildman–Crippen MR) is 111 cm³/mol. The summed E-state index contributed by atoms with van der Waals surface area (Å²) in [4.78, 5) is 20.8. The van der Waals surface area contributed by atoms with Crippen LogP contribution in [0.2, 0.25) is 0 Å². The molecule has 0 unspecified atom stereocenters. The Hall–Kier alpha value is -2.91. The molecule has 0 bridgehead atoms. The van der Waals surface area contributed by atoms with Gasteiger partial charge in [0.05, 0.1) is 6.10 Å². The maximum Gasteiger partial charge on any atom is 0.323 e. The van der Waals surface area contributed by atoms with Gasteiger partial charge in [0, 0.05) is 56.2 Å². The van der Waals surface area contributed by atoms with E-state index in [-0.39, 0.29) is 17.9 Å². The monoisotopic (exact) mass is 415 g/mol. The number of hydrogen-bond donors (Lipinski definition) is 3. The molecule has 0 radical (unpaired) electrons. The molecule has 1 atom stereocenters. The first-order valence-electron chi connectivity index (χ1n) is 10.1. The summed E-state index contributed by atoms with van der Waals surface area (Å²) in [6.45, 7) is 2.94. The Kier molecular flexibility index (Phi) is 6.01. The van der Waals surface area contributed by atoms with Crippen LogP contribution in [0.3, 0.4) is 0 Å². The summed E-state index contributed by atoms with van der Waals surface area (Å²) in [5.74, 6) is 0.168. The Morgan fingerprint density at radius 1 is 1.20 bits per heavy atom. The van der Waals surface area contributed by atoms with E-state index in [4.69, 9.17) is 10.5 Å². The van der Waals surface area contributed by atoms with E-state index in [0.717, 1.165) is 32.4 Å². The van der Waals surface area contributed by atoms with Gasteiger partial charge in [-0.2, -0.15) is 0 Å². The molecule has 160 valence electrons. The van der Waals surface area contributed by atoms with Crippen molar-refractivity contribution in [3.8, 4) is 11.5 Å². The summed E-state index contributed by atoms with van der Waals surface area (Å²) >= 11 is 0. The minimum absolute atomic E-state index is 0.0433. The van der Waals surface area contributed by atoms with Crippen LogP contribution in [0.1, 0.15) is 19.3 Å². The fourth-order valence-electron chi connectivity index (χ4n) is 3.99. The highest BCUT2D eigenvalue weighted by Gasteiger charge is 2.31. The molecule has 4 rings (SSSR count). The van der Waals surface area contributed by atoms with Crippen LogP contribution in [0, 0.1) is 5.82 Å². The summed E-state index contributed by atoms with van der Waals surface area (Å²) < 4.78 is 19.5. The quantitative estimate of drug-likeness (QED) is 0.664. The highest BCUT2D eigenvalue weighted by atomic mass is 19.1. The number of halogens is 1. The van der Waals surface area contributed by atoms with Crippen LogP contribution in [0.5, 0.6) is 11.5 Å². The van der Waals surface area contributed by atoms with Crippen LogP contribution < -0.4 is 15.8 Å². The fourth-order valence-corrected chi connectivity index (χ4v) is 3.99. The number of carbonyl (C=O) groups is 1. The Morgan fingerprint density at radius 2 is 2.00 bits per heavy atom. The molecule has 2 amide bonds. The van der Waals surface area contributed by atoms with Gasteiger partial charge in [-0.05, 0) is 37.5 Å². The summed E-state index contributed by atoms with van der Waals surface area (Å²) in [7, 11) is 0. The van der Waals surface area contributed by atoms with Crippen LogP contribution in [0.4, 0.5) is 20.7 Å². The van der Waals surface area contributed by atoms with Crippen molar-refractivity contribution < 1.29 is 19.0 Å². The first kappa shape index (κ1) is 20.4. The zero-order chi connectivity index (χ0) is 21.1. The van der Waals surface area contributed by atoms with Crippen molar-refractivity contribution in [2.75, 3.05) is 37.2 Å². The van der Waals surface area contributed by atoms with Gasteiger partial charge in [0.2, 0.25) is 0 Å². The number of rotatable bonds is 4. The number of nitrogens with two attached hydrogens (primary N) is 1. The minimum Gasteiger partial charge on any atom is -0.454 e. The molecule has 2 aromatic rings. The molecule has 0 spiro atoms. The number of ether oxygens (including phenoxy) is 1. The number of nitrogen functional groups attached to an aromatic ring is 1. The number of aliphatic hydroxyl groups is 1. The predicted octanol–water partition coefficient (Wildman–Crippen LogP) is 2.66. The molecule has 4 N–H and O–H groups in total. The second-order valence-corrected chi connectivity index (χ2v) is 7.75. The number of nitrogens with zero attached hydrogens (tertiary/aromatic N) is 3. The zero-order valence-electron chi connectivity index (χ0n) is 16.6. The van der Waals surface area contributed by atoms with Gasteiger partial charge in [-0.25, -0.2) is 14.2 Å². The van der Waals surface area contributed by atoms with Crippen LogP contribution in [0.15, 0.2) is 36.5 Å². The second kappa shape index (κ2) is 8.85. The maximum atomic E-state index is 13.9. The van der Waals surface area contributed by atoms with Crippen LogP contribution in [0.25, 0.3) is 0 Å². The normalized spacial score (nSPS) is 20.3. The third-order valence-electron chi connectivity index (χ3n) is 5.61. The molecule has 8 nitrogen and oxygen atoms in total. The van der Waals surface area contributed by atoms with Crippen molar-refractivity contribution in [2.24, 2.45) is 0 Å². The zero-order valence-corrected chi connectivity index (χ0v) is 16.6. The Balaban J connectivity index is 1.32. The first-order valence-corrected chi connectivity index (χ1v) is 10.1. The highest BCUT2D eigenvalue weighted by Crippen LogP contribution is 2.27. The minimum atomic E-state index is -0.564. The van der Waals surface area contributed by atoms with Gasteiger partial charge in [-0.15, -0.1) is 0 Å². The number of hydrogen-bond acceptors (Lipinski definition) is 6. The number of β-amino-alcohol motifs (C(OH)–C–C–N with tert-alkyl or cyclic N) is 1. The molecule has 3 heterocycles. The van der Waals surface area contributed by atoms with Gasteiger partial charge < -0.3 is 20.5 Å². The average Bonchev–Trinajstić information content (AvgIpc) is 3.17. The molecule has 1 aromatic heterocycles. The van der Waals surface area contributed by atoms with E-state index in [9.17, 15) is 14.3 Å². The van der Waals surface area contributed by atoms with Crippen LogP contribution in [-0.4, -0.2) is 64.2 Å². The number of aliphatic hydroxyl groups excluding tert-OH is 1. The molecule has 2 aliphatic heterocycles. The highest BCUT2D eigenvalue weighted by molar-refractivity contribution is 5.88. The first-order chi connectivity index (χ1) is 14.5. The molecule has 2 aliphatic rings. The number of amides is 2. The maximum absolute atomic E-state index is 13.9. The largest absolute Gasteiger partial charge is 0.454 e. The van der Waals surface area contributed by atoms with Gasteiger partial charge in [-0.3, -0.25) is 10.2 Å². The van der Waals surface area contributed by atoms with Crippen molar-refractivity contribution in [1.29, 1.82) is 0 Å². The molecule has 9 heteroatoms. The lowest BCUT2D eigenvalue weighted by molar-refractivity contribution is 0.119. The SMILES string of the molecule is Nc1ccc(Oc2ccnc(NC(=O)N3CCC(N4CC[C@H](O)C4)CC3)c2)c(F)c1. The van der Waals surface area contributed by atoms with E-state index in [2.05, 4.69) is 15.2 Å². The van der Waals surface area contributed by atoms with Crippen LogP contribution in [-0.2, 0) is 0 Å². The van der Waals surface area contributed by atoms with Gasteiger partial charge in [-0.1, -0.05) is 0 Å². The molecule has 0 aliphatic carbocycles. The van der Waals surface area contributed by atoms with E-state index in [1.165, 1.54) is 18.3 Å². The van der Waals surface area contributed by atoms with Crippen molar-refractivity contribution in [3.63, 3.8) is 0 Å². The van der Waals surface area contributed by atoms with Crippen molar-refractivity contribution in [1.82, 2.24) is 14.8 Å². The van der Waals surface area contributed by atoms with Gasteiger partial charge in [0.25, 0.3) is 0 Å². The molecular formula is C21H26FN5O3. The molecular weight excluding hydrogens is 389 g/mol. The standard InChI is InChI=1S/C21H26FN5O3/c22-18-11-14(23)1-2-19(18)30-17-3-7-24-20(12-17)25-21(29)26-8-4-15(5-9-26)27-10-6-16(28)13-27/h1-3,7,11-12,15-16,28H,4-6,8-10,13,23H2,(H,24,25,29)/t16-/m0/s1. The van der Waals surface area contributed by atoms with E-state index in [1.54, 1.807) is 23.1 Å². The molecule has 30 heavy (non-hydrogen) atoms. The Labute approximate surface area is 174 Å². The fraction of sp³-hybridized carbons (Fsp3) is 0.429. The average molecular weight is 415 g/mol. The number of benzene rings is 1. The third-order valence-corrected chi connectivity index (χ3v) is 5.61. The lowest BCUT2D eigenvalue weighted by Gasteiger charge is -2.36. The van der Waals surface area contributed by atoms with E-state index >= 15 is 0 Å². The molecule has 2 fully saturated rings. The third kappa shape index (κ3) is 4.80. The lowest BCUT2D eigenvalue weighted by Crippen LogP contribution is -2.47. The van der Waals surface area contributed by atoms with Crippen molar-refractivity contribution in [3.05, 3.63) is 42.3 Å².